The first-order chi connectivity index (χ1) is 8.54. The van der Waals surface area contributed by atoms with E-state index in [9.17, 15) is 5.11 Å². The standard InChI is InChI=1S/C15H25NO2/c1-12(2)16(9-10-18-4)13(3)11-14-5-7-15(17)8-6-14/h5-8,12-13,17H,9-11H2,1-4H3. The van der Waals surface area contributed by atoms with Crippen LogP contribution < -0.4 is 0 Å². The maximum absolute atomic E-state index is 9.28. The van der Waals surface area contributed by atoms with Crippen LogP contribution in [0.5, 0.6) is 5.75 Å². The number of hydrogen-bond donors (Lipinski definition) is 1. The topological polar surface area (TPSA) is 32.7 Å². The summed E-state index contributed by atoms with van der Waals surface area (Å²) in [6, 6.07) is 8.44. The summed E-state index contributed by atoms with van der Waals surface area (Å²) in [5, 5.41) is 9.28. The quantitative estimate of drug-likeness (QED) is 0.808. The predicted molar refractivity (Wildman–Crippen MR) is 75.0 cm³/mol. The maximum Gasteiger partial charge on any atom is 0.115 e. The van der Waals surface area contributed by atoms with Crippen molar-refractivity contribution >= 4 is 0 Å². The zero-order chi connectivity index (χ0) is 13.5. The van der Waals surface area contributed by atoms with Gasteiger partial charge in [-0.2, -0.15) is 0 Å². The van der Waals surface area contributed by atoms with Gasteiger partial charge in [-0.05, 0) is 44.9 Å². The molecule has 0 saturated carbocycles. The predicted octanol–water partition coefficient (Wildman–Crippen LogP) is 2.68. The Labute approximate surface area is 110 Å². The fourth-order valence-corrected chi connectivity index (χ4v) is 2.27. The summed E-state index contributed by atoms with van der Waals surface area (Å²) in [6.07, 6.45) is 0.988. The second-order valence-corrected chi connectivity index (χ2v) is 5.04. The molecule has 0 fully saturated rings. The summed E-state index contributed by atoms with van der Waals surface area (Å²) >= 11 is 0. The van der Waals surface area contributed by atoms with Crippen LogP contribution in [-0.4, -0.2) is 42.4 Å². The lowest BCUT2D eigenvalue weighted by Gasteiger charge is -2.32. The monoisotopic (exact) mass is 251 g/mol. The molecule has 1 rings (SSSR count). The van der Waals surface area contributed by atoms with Gasteiger partial charge >= 0.3 is 0 Å². The molecular weight excluding hydrogens is 226 g/mol. The Kier molecular flexibility index (Phi) is 6.16. The average Bonchev–Trinajstić information content (AvgIpc) is 2.32. The van der Waals surface area contributed by atoms with Crippen LogP contribution in [0.15, 0.2) is 24.3 Å². The number of phenols is 1. The minimum absolute atomic E-state index is 0.325. The van der Waals surface area contributed by atoms with Crippen molar-refractivity contribution in [3.63, 3.8) is 0 Å². The lowest BCUT2D eigenvalue weighted by atomic mass is 10.0. The van der Waals surface area contributed by atoms with Gasteiger partial charge in [-0.1, -0.05) is 12.1 Å². The van der Waals surface area contributed by atoms with Crippen LogP contribution in [0.25, 0.3) is 0 Å². The molecule has 18 heavy (non-hydrogen) atoms. The number of rotatable bonds is 7. The fraction of sp³-hybridized carbons (Fsp3) is 0.600. The lowest BCUT2D eigenvalue weighted by molar-refractivity contribution is 0.102. The molecule has 0 aliphatic rings. The molecule has 1 N–H and O–H groups in total. The van der Waals surface area contributed by atoms with Gasteiger partial charge in [0.1, 0.15) is 5.75 Å². The number of hydrogen-bond acceptors (Lipinski definition) is 3. The molecule has 3 heteroatoms. The Morgan fingerprint density at radius 2 is 1.78 bits per heavy atom. The third-order valence-corrected chi connectivity index (χ3v) is 3.25. The molecule has 1 atom stereocenters. The minimum atomic E-state index is 0.325. The maximum atomic E-state index is 9.28. The summed E-state index contributed by atoms with van der Waals surface area (Å²) in [5.74, 6) is 0.325. The average molecular weight is 251 g/mol. The summed E-state index contributed by atoms with van der Waals surface area (Å²) in [5.41, 5.74) is 1.25. The van der Waals surface area contributed by atoms with Gasteiger partial charge in [-0.25, -0.2) is 0 Å². The SMILES string of the molecule is COCCN(C(C)C)C(C)Cc1ccc(O)cc1. The highest BCUT2D eigenvalue weighted by Gasteiger charge is 2.17. The molecule has 102 valence electrons. The van der Waals surface area contributed by atoms with Gasteiger partial charge in [-0.15, -0.1) is 0 Å². The van der Waals surface area contributed by atoms with Gasteiger partial charge in [-0.3, -0.25) is 4.90 Å². The molecule has 3 nitrogen and oxygen atoms in total. The summed E-state index contributed by atoms with van der Waals surface area (Å²) in [7, 11) is 1.74. The number of benzene rings is 1. The Bertz CT molecular complexity index is 335. The largest absolute Gasteiger partial charge is 0.508 e. The Morgan fingerprint density at radius 3 is 2.28 bits per heavy atom. The summed E-state index contributed by atoms with van der Waals surface area (Å²) in [6.45, 7) is 8.37. The van der Waals surface area contributed by atoms with E-state index in [-0.39, 0.29) is 0 Å². The van der Waals surface area contributed by atoms with Gasteiger partial charge in [0.05, 0.1) is 6.61 Å². The van der Waals surface area contributed by atoms with Crippen molar-refractivity contribution < 1.29 is 9.84 Å². The molecule has 0 aromatic heterocycles. The van der Waals surface area contributed by atoms with E-state index in [0.717, 1.165) is 19.6 Å². The van der Waals surface area contributed by atoms with E-state index in [2.05, 4.69) is 25.7 Å². The van der Waals surface area contributed by atoms with Crippen molar-refractivity contribution in [3.8, 4) is 5.75 Å². The van der Waals surface area contributed by atoms with Gasteiger partial charge in [0.2, 0.25) is 0 Å². The van der Waals surface area contributed by atoms with Crippen LogP contribution in [0.4, 0.5) is 0 Å². The zero-order valence-electron chi connectivity index (χ0n) is 11.9. The number of aromatic hydroxyl groups is 1. The number of methoxy groups -OCH3 is 1. The molecular formula is C15H25NO2. The number of nitrogens with zero attached hydrogens (tertiary/aromatic N) is 1. The van der Waals surface area contributed by atoms with Crippen LogP contribution in [0.2, 0.25) is 0 Å². The molecule has 1 aromatic rings. The first kappa shape index (κ1) is 15.0. The van der Waals surface area contributed by atoms with E-state index in [0.29, 0.717) is 17.8 Å². The molecule has 0 amide bonds. The molecule has 0 aliphatic carbocycles. The van der Waals surface area contributed by atoms with Crippen LogP contribution >= 0.6 is 0 Å². The third kappa shape index (κ3) is 4.67. The Hall–Kier alpha value is -1.06. The third-order valence-electron chi connectivity index (χ3n) is 3.25. The normalized spacial score (nSPS) is 13.2. The van der Waals surface area contributed by atoms with Gasteiger partial charge in [0.25, 0.3) is 0 Å². The van der Waals surface area contributed by atoms with Gasteiger partial charge < -0.3 is 9.84 Å². The van der Waals surface area contributed by atoms with Crippen molar-refractivity contribution in [2.75, 3.05) is 20.3 Å². The van der Waals surface area contributed by atoms with Crippen LogP contribution in [-0.2, 0) is 11.2 Å². The van der Waals surface area contributed by atoms with E-state index in [1.165, 1.54) is 5.56 Å². The first-order valence-corrected chi connectivity index (χ1v) is 6.57. The molecule has 0 bridgehead atoms. The molecule has 1 unspecified atom stereocenters. The van der Waals surface area contributed by atoms with E-state index < -0.39 is 0 Å². The molecule has 0 radical (unpaired) electrons. The summed E-state index contributed by atoms with van der Waals surface area (Å²) < 4.78 is 5.16. The highest BCUT2D eigenvalue weighted by atomic mass is 16.5. The first-order valence-electron chi connectivity index (χ1n) is 6.57. The molecule has 1 aromatic carbocycles. The fourth-order valence-electron chi connectivity index (χ4n) is 2.27. The van der Waals surface area contributed by atoms with E-state index in [4.69, 9.17) is 4.74 Å². The van der Waals surface area contributed by atoms with Crippen molar-refractivity contribution in [2.45, 2.75) is 39.3 Å². The highest BCUT2D eigenvalue weighted by molar-refractivity contribution is 5.26. The Balaban J connectivity index is 2.60. The highest BCUT2D eigenvalue weighted by Crippen LogP contribution is 2.15. The van der Waals surface area contributed by atoms with E-state index in [1.807, 2.05) is 12.1 Å². The van der Waals surface area contributed by atoms with Gasteiger partial charge in [0.15, 0.2) is 0 Å². The minimum Gasteiger partial charge on any atom is -0.508 e. The van der Waals surface area contributed by atoms with Crippen LogP contribution in [0, 0.1) is 0 Å². The summed E-state index contributed by atoms with van der Waals surface area (Å²) in [4.78, 5) is 2.44. The molecule has 0 saturated heterocycles. The van der Waals surface area contributed by atoms with Crippen LogP contribution in [0.1, 0.15) is 26.3 Å². The van der Waals surface area contributed by atoms with Crippen molar-refractivity contribution in [1.82, 2.24) is 4.90 Å². The Morgan fingerprint density at radius 1 is 1.17 bits per heavy atom. The van der Waals surface area contributed by atoms with Crippen molar-refractivity contribution in [3.05, 3.63) is 29.8 Å². The lowest BCUT2D eigenvalue weighted by Crippen LogP contribution is -2.41. The molecule has 0 aliphatic heterocycles. The van der Waals surface area contributed by atoms with E-state index >= 15 is 0 Å². The number of phenolic OH excluding ortho intramolecular Hbond substituents is 1. The molecule has 0 spiro atoms. The zero-order valence-corrected chi connectivity index (χ0v) is 11.9. The van der Waals surface area contributed by atoms with Crippen molar-refractivity contribution in [1.29, 1.82) is 0 Å². The van der Waals surface area contributed by atoms with Crippen molar-refractivity contribution in [2.24, 2.45) is 0 Å². The smallest absolute Gasteiger partial charge is 0.115 e. The molecule has 0 heterocycles. The second kappa shape index (κ2) is 7.39. The van der Waals surface area contributed by atoms with Crippen LogP contribution in [0.3, 0.4) is 0 Å². The number of ether oxygens (including phenoxy) is 1. The van der Waals surface area contributed by atoms with Gasteiger partial charge in [0, 0.05) is 25.7 Å². The second-order valence-electron chi connectivity index (χ2n) is 5.04. The van der Waals surface area contributed by atoms with E-state index in [1.54, 1.807) is 19.2 Å².